The standard InChI is InChI=1S/C16H14ClFN3/c17-15-5-1-14(2-6-15)10-21-12-20(11-19-21)9-13-3-7-16(18)8-4-13/h1-8,11-12H,9-10H2/q+1. The Morgan fingerprint density at radius 3 is 2.38 bits per heavy atom. The molecule has 0 radical (unpaired) electrons. The van der Waals surface area contributed by atoms with E-state index in [-0.39, 0.29) is 5.82 Å². The lowest BCUT2D eigenvalue weighted by atomic mass is 10.2. The van der Waals surface area contributed by atoms with E-state index in [2.05, 4.69) is 5.10 Å². The molecule has 0 amide bonds. The van der Waals surface area contributed by atoms with Crippen molar-refractivity contribution >= 4 is 11.6 Å². The maximum atomic E-state index is 12.9. The van der Waals surface area contributed by atoms with Gasteiger partial charge in [-0.15, -0.1) is 4.68 Å². The molecule has 0 fully saturated rings. The van der Waals surface area contributed by atoms with E-state index in [0.717, 1.165) is 16.1 Å². The molecule has 21 heavy (non-hydrogen) atoms. The van der Waals surface area contributed by atoms with Crippen molar-refractivity contribution in [1.29, 1.82) is 0 Å². The summed E-state index contributed by atoms with van der Waals surface area (Å²) in [6, 6.07) is 14.2. The zero-order valence-corrected chi connectivity index (χ0v) is 12.0. The van der Waals surface area contributed by atoms with Crippen molar-refractivity contribution in [3.63, 3.8) is 0 Å². The van der Waals surface area contributed by atoms with E-state index in [1.165, 1.54) is 12.1 Å². The van der Waals surface area contributed by atoms with Crippen molar-refractivity contribution in [3.05, 3.63) is 83.2 Å². The fraction of sp³-hybridized carbons (Fsp3) is 0.125. The molecule has 0 unspecified atom stereocenters. The van der Waals surface area contributed by atoms with Gasteiger partial charge < -0.3 is 0 Å². The lowest BCUT2D eigenvalue weighted by Gasteiger charge is -1.98. The van der Waals surface area contributed by atoms with Gasteiger partial charge in [-0.2, -0.15) is 0 Å². The van der Waals surface area contributed by atoms with E-state index in [0.29, 0.717) is 13.1 Å². The van der Waals surface area contributed by atoms with Crippen LogP contribution in [0.1, 0.15) is 11.1 Å². The summed E-state index contributed by atoms with van der Waals surface area (Å²) in [6.07, 6.45) is 3.69. The van der Waals surface area contributed by atoms with Crippen molar-refractivity contribution in [1.82, 2.24) is 9.78 Å². The Bertz CT molecular complexity index is 658. The molecule has 3 aromatic rings. The Balaban J connectivity index is 1.68. The number of hydrogen-bond donors (Lipinski definition) is 0. The first-order chi connectivity index (χ1) is 10.2. The third kappa shape index (κ3) is 3.67. The van der Waals surface area contributed by atoms with Crippen LogP contribution in [0.3, 0.4) is 0 Å². The molecular formula is C16H14ClFN3+. The molecule has 0 aliphatic rings. The summed E-state index contributed by atoms with van der Waals surface area (Å²) in [7, 11) is 0. The minimum Gasteiger partial charge on any atom is -0.233 e. The molecular weight excluding hydrogens is 289 g/mol. The number of aromatic nitrogens is 3. The van der Waals surface area contributed by atoms with Gasteiger partial charge in [0.25, 0.3) is 6.33 Å². The van der Waals surface area contributed by atoms with Gasteiger partial charge in [-0.3, -0.25) is 0 Å². The highest BCUT2D eigenvalue weighted by Gasteiger charge is 2.07. The maximum Gasteiger partial charge on any atom is 0.265 e. The Morgan fingerprint density at radius 1 is 1.00 bits per heavy atom. The van der Waals surface area contributed by atoms with Crippen molar-refractivity contribution < 1.29 is 8.96 Å². The SMILES string of the molecule is Fc1ccc(C[n+]2cnn(Cc3ccc(Cl)cc3)c2)cc1. The van der Waals surface area contributed by atoms with Gasteiger partial charge in [-0.05, 0) is 35.4 Å². The summed E-state index contributed by atoms with van der Waals surface area (Å²) in [4.78, 5) is 0. The minimum atomic E-state index is -0.220. The van der Waals surface area contributed by atoms with Crippen LogP contribution in [0.4, 0.5) is 4.39 Å². The highest BCUT2D eigenvalue weighted by Crippen LogP contribution is 2.10. The van der Waals surface area contributed by atoms with Crippen LogP contribution in [-0.4, -0.2) is 9.78 Å². The summed E-state index contributed by atoms with van der Waals surface area (Å²) < 4.78 is 16.7. The van der Waals surface area contributed by atoms with Crippen LogP contribution in [-0.2, 0) is 13.1 Å². The fourth-order valence-electron chi connectivity index (χ4n) is 2.10. The van der Waals surface area contributed by atoms with Crippen molar-refractivity contribution in [2.24, 2.45) is 0 Å². The molecule has 3 nitrogen and oxygen atoms in total. The summed E-state index contributed by atoms with van der Waals surface area (Å²) in [6.45, 7) is 1.36. The van der Waals surface area contributed by atoms with E-state index >= 15 is 0 Å². The molecule has 0 aliphatic heterocycles. The van der Waals surface area contributed by atoms with E-state index in [9.17, 15) is 4.39 Å². The average Bonchev–Trinajstić information content (AvgIpc) is 2.91. The van der Waals surface area contributed by atoms with Crippen LogP contribution in [0.2, 0.25) is 5.02 Å². The number of nitrogens with zero attached hydrogens (tertiary/aromatic N) is 3. The highest BCUT2D eigenvalue weighted by molar-refractivity contribution is 6.30. The zero-order valence-electron chi connectivity index (χ0n) is 11.3. The number of rotatable bonds is 4. The molecule has 1 heterocycles. The van der Waals surface area contributed by atoms with E-state index in [1.54, 1.807) is 18.5 Å². The quantitative estimate of drug-likeness (QED) is 0.679. The molecule has 0 atom stereocenters. The normalized spacial score (nSPS) is 10.8. The van der Waals surface area contributed by atoms with Gasteiger partial charge in [0.05, 0.1) is 6.54 Å². The lowest BCUT2D eigenvalue weighted by molar-refractivity contribution is -0.689. The first kappa shape index (κ1) is 13.8. The van der Waals surface area contributed by atoms with Crippen LogP contribution >= 0.6 is 11.6 Å². The van der Waals surface area contributed by atoms with Crippen LogP contribution in [0.5, 0.6) is 0 Å². The first-order valence-corrected chi connectivity index (χ1v) is 6.97. The largest absolute Gasteiger partial charge is 0.265 e. The van der Waals surface area contributed by atoms with Gasteiger partial charge in [-0.1, -0.05) is 35.9 Å². The van der Waals surface area contributed by atoms with E-state index in [4.69, 9.17) is 11.6 Å². The topological polar surface area (TPSA) is 21.7 Å². The molecule has 2 aromatic carbocycles. The second kappa shape index (κ2) is 6.06. The molecule has 0 N–H and O–H groups in total. The van der Waals surface area contributed by atoms with Crippen LogP contribution in [0, 0.1) is 5.82 Å². The zero-order chi connectivity index (χ0) is 14.7. The minimum absolute atomic E-state index is 0.220. The number of hydrogen-bond acceptors (Lipinski definition) is 1. The van der Waals surface area contributed by atoms with Gasteiger partial charge in [0, 0.05) is 10.1 Å². The Morgan fingerprint density at radius 2 is 1.67 bits per heavy atom. The van der Waals surface area contributed by atoms with Gasteiger partial charge in [-0.25, -0.2) is 8.96 Å². The van der Waals surface area contributed by atoms with E-state index < -0.39 is 0 Å². The molecule has 106 valence electrons. The summed E-state index contributed by atoms with van der Waals surface area (Å²) in [5.74, 6) is -0.220. The van der Waals surface area contributed by atoms with E-state index in [1.807, 2.05) is 39.8 Å². The number of halogens is 2. The molecule has 0 spiro atoms. The van der Waals surface area contributed by atoms with Crippen molar-refractivity contribution in [2.45, 2.75) is 13.1 Å². The molecule has 0 bridgehead atoms. The Labute approximate surface area is 127 Å². The predicted molar refractivity (Wildman–Crippen MR) is 78.5 cm³/mol. The van der Waals surface area contributed by atoms with Crippen LogP contribution in [0.25, 0.3) is 0 Å². The third-order valence-electron chi connectivity index (χ3n) is 3.17. The number of benzene rings is 2. The Kier molecular flexibility index (Phi) is 3.97. The van der Waals surface area contributed by atoms with Crippen molar-refractivity contribution in [3.8, 4) is 0 Å². The average molecular weight is 303 g/mol. The predicted octanol–water partition coefficient (Wildman–Crippen LogP) is 3.06. The lowest BCUT2D eigenvalue weighted by Crippen LogP contribution is -2.31. The summed E-state index contributed by atoms with van der Waals surface area (Å²) >= 11 is 5.87. The van der Waals surface area contributed by atoms with Gasteiger partial charge in [0.2, 0.25) is 6.33 Å². The Hall–Kier alpha value is -2.20. The monoisotopic (exact) mass is 302 g/mol. The van der Waals surface area contributed by atoms with Gasteiger partial charge in [0.1, 0.15) is 12.4 Å². The molecule has 0 saturated carbocycles. The first-order valence-electron chi connectivity index (χ1n) is 6.59. The summed E-state index contributed by atoms with van der Waals surface area (Å²) in [5.41, 5.74) is 2.17. The molecule has 0 aliphatic carbocycles. The van der Waals surface area contributed by atoms with Crippen molar-refractivity contribution in [2.75, 3.05) is 0 Å². The highest BCUT2D eigenvalue weighted by atomic mass is 35.5. The third-order valence-corrected chi connectivity index (χ3v) is 3.42. The smallest absolute Gasteiger partial charge is 0.233 e. The van der Waals surface area contributed by atoms with Gasteiger partial charge in [0.15, 0.2) is 0 Å². The maximum absolute atomic E-state index is 12.9. The molecule has 5 heteroatoms. The fourth-order valence-corrected chi connectivity index (χ4v) is 2.23. The summed E-state index contributed by atoms with van der Waals surface area (Å²) in [5, 5.41) is 5.05. The molecule has 3 rings (SSSR count). The van der Waals surface area contributed by atoms with Crippen LogP contribution < -0.4 is 4.57 Å². The van der Waals surface area contributed by atoms with Crippen LogP contribution in [0.15, 0.2) is 61.2 Å². The molecule has 1 aromatic heterocycles. The second-order valence-electron chi connectivity index (χ2n) is 4.87. The molecule has 0 saturated heterocycles. The second-order valence-corrected chi connectivity index (χ2v) is 5.31. The van der Waals surface area contributed by atoms with Gasteiger partial charge >= 0.3 is 0 Å².